The van der Waals surface area contributed by atoms with Gasteiger partial charge in [0.1, 0.15) is 11.6 Å². The average Bonchev–Trinajstić information content (AvgIpc) is 2.48. The molecule has 0 bridgehead atoms. The van der Waals surface area contributed by atoms with E-state index in [1.54, 1.807) is 18.3 Å². The Kier molecular flexibility index (Phi) is 6.13. The minimum atomic E-state index is -1.07. The van der Waals surface area contributed by atoms with Crippen LogP contribution in [0.5, 0.6) is 0 Å². The number of nitrogens with one attached hydrogen (secondary N) is 3. The Morgan fingerprint density at radius 3 is 2.50 bits per heavy atom. The fraction of sp³-hybridized carbons (Fsp3) is 0.143. The van der Waals surface area contributed by atoms with Gasteiger partial charge in [0.2, 0.25) is 5.91 Å². The van der Waals surface area contributed by atoms with Crippen LogP contribution in [0.15, 0.2) is 30.0 Å². The van der Waals surface area contributed by atoms with Crippen molar-refractivity contribution in [1.29, 1.82) is 5.26 Å². The number of benzene rings is 1. The van der Waals surface area contributed by atoms with Gasteiger partial charge in [0, 0.05) is 30.9 Å². The number of nitro benzene ring substituents is 1. The molecule has 10 nitrogen and oxygen atoms in total. The molecule has 0 aliphatic rings. The van der Waals surface area contributed by atoms with E-state index in [-0.39, 0.29) is 5.69 Å². The second kappa shape index (κ2) is 8.04. The first kappa shape index (κ1) is 18.3. The smallest absolute Gasteiger partial charge is 0.328 e. The summed E-state index contributed by atoms with van der Waals surface area (Å²) in [6.45, 7) is 2.75. The number of nitro groups is 1. The summed E-state index contributed by atoms with van der Waals surface area (Å²) in [6.07, 6.45) is 1.00. The van der Waals surface area contributed by atoms with Gasteiger partial charge >= 0.3 is 6.03 Å². The van der Waals surface area contributed by atoms with Gasteiger partial charge < -0.3 is 5.32 Å². The highest BCUT2D eigenvalue weighted by Gasteiger charge is 2.14. The van der Waals surface area contributed by atoms with Crippen molar-refractivity contribution in [1.82, 2.24) is 10.6 Å². The lowest BCUT2D eigenvalue weighted by Crippen LogP contribution is -2.42. The number of imide groups is 2. The first-order valence-electron chi connectivity index (χ1n) is 6.49. The Labute approximate surface area is 136 Å². The maximum Gasteiger partial charge on any atom is 0.328 e. The van der Waals surface area contributed by atoms with Crippen molar-refractivity contribution in [2.45, 2.75) is 13.8 Å². The molecule has 0 aromatic heterocycles. The fourth-order valence-corrected chi connectivity index (χ4v) is 1.54. The maximum atomic E-state index is 11.7. The lowest BCUT2D eigenvalue weighted by Gasteiger charge is -2.06. The molecule has 0 saturated carbocycles. The minimum Gasteiger partial charge on any atom is -0.360 e. The molecule has 4 amide bonds. The second-order valence-corrected chi connectivity index (χ2v) is 4.53. The number of nitrogens with zero attached hydrogens (tertiary/aromatic N) is 2. The number of nitriles is 1. The lowest BCUT2D eigenvalue weighted by molar-refractivity contribution is -0.384. The lowest BCUT2D eigenvalue weighted by atomic mass is 10.2. The summed E-state index contributed by atoms with van der Waals surface area (Å²) in [5.74, 6) is -1.71. The summed E-state index contributed by atoms with van der Waals surface area (Å²) in [5.41, 5.74) is 0.335. The number of carbonyl (C=O) groups excluding carboxylic acids is 3. The van der Waals surface area contributed by atoms with Crippen LogP contribution in [-0.4, -0.2) is 22.8 Å². The van der Waals surface area contributed by atoms with Gasteiger partial charge in [0.15, 0.2) is 0 Å². The molecular weight excluding hydrogens is 318 g/mol. The van der Waals surface area contributed by atoms with E-state index in [4.69, 9.17) is 5.26 Å². The van der Waals surface area contributed by atoms with Crippen molar-refractivity contribution < 1.29 is 19.3 Å². The Hall–Kier alpha value is -3.74. The largest absolute Gasteiger partial charge is 0.360 e. The molecule has 0 radical (unpaired) electrons. The first-order valence-corrected chi connectivity index (χ1v) is 6.49. The van der Waals surface area contributed by atoms with E-state index < -0.39 is 28.3 Å². The summed E-state index contributed by atoms with van der Waals surface area (Å²) in [6, 6.07) is 4.56. The number of carbonyl (C=O) groups is 3. The van der Waals surface area contributed by atoms with Gasteiger partial charge in [-0.15, -0.1) is 0 Å². The third kappa shape index (κ3) is 5.23. The van der Waals surface area contributed by atoms with Crippen LogP contribution in [-0.2, 0) is 9.59 Å². The molecule has 124 valence electrons. The maximum absolute atomic E-state index is 11.7. The van der Waals surface area contributed by atoms with Crippen LogP contribution in [0.4, 0.5) is 16.2 Å². The summed E-state index contributed by atoms with van der Waals surface area (Å²) in [7, 11) is 0. The Bertz CT molecular complexity index is 778. The van der Waals surface area contributed by atoms with Crippen molar-refractivity contribution >= 4 is 29.2 Å². The number of aryl methyl sites for hydroxylation is 1. The van der Waals surface area contributed by atoms with E-state index in [1.165, 1.54) is 18.2 Å². The van der Waals surface area contributed by atoms with Crippen LogP contribution in [0.25, 0.3) is 0 Å². The van der Waals surface area contributed by atoms with Crippen LogP contribution in [0.3, 0.4) is 0 Å². The van der Waals surface area contributed by atoms with E-state index in [1.807, 2.05) is 5.32 Å². The van der Waals surface area contributed by atoms with Crippen LogP contribution in [0.2, 0.25) is 0 Å². The topological polar surface area (TPSA) is 154 Å². The molecule has 0 spiro atoms. The zero-order valence-electron chi connectivity index (χ0n) is 12.7. The van der Waals surface area contributed by atoms with Crippen molar-refractivity contribution in [3.05, 3.63) is 45.6 Å². The molecule has 0 aliphatic heterocycles. The summed E-state index contributed by atoms with van der Waals surface area (Å²) >= 11 is 0. The summed E-state index contributed by atoms with van der Waals surface area (Å²) < 4.78 is 0. The minimum absolute atomic E-state index is 0.166. The quantitative estimate of drug-likeness (QED) is 0.323. The molecule has 1 aromatic rings. The van der Waals surface area contributed by atoms with E-state index in [2.05, 4.69) is 5.32 Å². The van der Waals surface area contributed by atoms with Crippen LogP contribution >= 0.6 is 0 Å². The molecule has 1 aromatic carbocycles. The molecule has 0 unspecified atom stereocenters. The fourth-order valence-electron chi connectivity index (χ4n) is 1.54. The zero-order valence-corrected chi connectivity index (χ0v) is 12.7. The molecule has 0 atom stereocenters. The van der Waals surface area contributed by atoms with Crippen LogP contribution in [0.1, 0.15) is 12.5 Å². The van der Waals surface area contributed by atoms with Gasteiger partial charge in [-0.1, -0.05) is 6.07 Å². The highest BCUT2D eigenvalue weighted by atomic mass is 16.6. The van der Waals surface area contributed by atoms with Crippen molar-refractivity contribution in [3.63, 3.8) is 0 Å². The number of urea groups is 1. The molecule has 0 heterocycles. The number of amides is 4. The molecule has 0 saturated heterocycles. The molecule has 3 N–H and O–H groups in total. The number of hydrogen-bond acceptors (Lipinski definition) is 7. The predicted molar refractivity (Wildman–Crippen MR) is 82.5 cm³/mol. The SMILES string of the molecule is CC(=O)NC(=O)NC(=O)C(C#N)=CNc1cc([N+](=O)[O-])ccc1C. The Balaban J connectivity index is 2.90. The molecule has 1 rings (SSSR count). The van der Waals surface area contributed by atoms with Crippen molar-refractivity contribution in [3.8, 4) is 6.07 Å². The standard InChI is InChI=1S/C14H13N5O5/c1-8-3-4-11(19(23)24)5-12(8)16-7-10(6-15)13(21)18-14(22)17-9(2)20/h3-5,7,16H,1-2H3,(H2,17,18,20,21,22). The summed E-state index contributed by atoms with van der Waals surface area (Å²) in [5, 5.41) is 25.9. The molecular formula is C14H13N5O5. The van der Waals surface area contributed by atoms with E-state index >= 15 is 0 Å². The molecule has 24 heavy (non-hydrogen) atoms. The van der Waals surface area contributed by atoms with E-state index in [0.29, 0.717) is 11.3 Å². The highest BCUT2D eigenvalue weighted by Crippen LogP contribution is 2.21. The van der Waals surface area contributed by atoms with Crippen LogP contribution in [0, 0.1) is 28.4 Å². The van der Waals surface area contributed by atoms with Crippen molar-refractivity contribution in [2.24, 2.45) is 0 Å². The van der Waals surface area contributed by atoms with Crippen molar-refractivity contribution in [2.75, 3.05) is 5.32 Å². The average molecular weight is 331 g/mol. The number of anilines is 1. The normalized spacial score (nSPS) is 10.3. The predicted octanol–water partition coefficient (Wildman–Crippen LogP) is 1.09. The molecule has 0 aliphatic carbocycles. The number of hydrogen-bond donors (Lipinski definition) is 3. The van der Waals surface area contributed by atoms with Gasteiger partial charge in [-0.3, -0.25) is 30.3 Å². The Morgan fingerprint density at radius 2 is 1.96 bits per heavy atom. The third-order valence-corrected chi connectivity index (χ3v) is 2.69. The van der Waals surface area contributed by atoms with Crippen LogP contribution < -0.4 is 16.0 Å². The van der Waals surface area contributed by atoms with E-state index in [0.717, 1.165) is 13.1 Å². The Morgan fingerprint density at radius 1 is 1.29 bits per heavy atom. The van der Waals surface area contributed by atoms with E-state index in [9.17, 15) is 24.5 Å². The van der Waals surface area contributed by atoms with Gasteiger partial charge in [0.05, 0.1) is 4.92 Å². The monoisotopic (exact) mass is 331 g/mol. The highest BCUT2D eigenvalue weighted by molar-refractivity contribution is 6.09. The molecule has 10 heteroatoms. The first-order chi connectivity index (χ1) is 11.2. The molecule has 0 fully saturated rings. The zero-order chi connectivity index (χ0) is 18.3. The second-order valence-electron chi connectivity index (χ2n) is 4.53. The van der Waals surface area contributed by atoms with Gasteiger partial charge in [-0.2, -0.15) is 5.26 Å². The van der Waals surface area contributed by atoms with Gasteiger partial charge in [-0.05, 0) is 12.5 Å². The van der Waals surface area contributed by atoms with Gasteiger partial charge in [-0.25, -0.2) is 4.79 Å². The number of rotatable bonds is 4. The summed E-state index contributed by atoms with van der Waals surface area (Å²) in [4.78, 5) is 43.8. The van der Waals surface area contributed by atoms with Gasteiger partial charge in [0.25, 0.3) is 11.6 Å². The third-order valence-electron chi connectivity index (χ3n) is 2.69. The number of non-ortho nitro benzene ring substituents is 1.